The zero-order chi connectivity index (χ0) is 16.1. The van der Waals surface area contributed by atoms with Crippen molar-refractivity contribution in [2.75, 3.05) is 0 Å². The van der Waals surface area contributed by atoms with Crippen LogP contribution < -0.4 is 10.1 Å². The molecule has 1 atom stereocenters. The predicted octanol–water partition coefficient (Wildman–Crippen LogP) is 2.69. The smallest absolute Gasteiger partial charge is 0.261 e. The second-order valence-corrected chi connectivity index (χ2v) is 5.35. The average molecular weight is 343 g/mol. The summed E-state index contributed by atoms with van der Waals surface area (Å²) in [6, 6.07) is 5.02. The molecular weight excluding hydrogens is 327 g/mol. The number of rotatable bonds is 6. The number of hydrogen-bond donors (Lipinski definition) is 1. The summed E-state index contributed by atoms with van der Waals surface area (Å²) in [5, 5.41) is 11.2. The van der Waals surface area contributed by atoms with Crippen molar-refractivity contribution in [3.05, 3.63) is 40.4 Å². The molecule has 0 aliphatic carbocycles. The fraction of sp³-hybridized carbons (Fsp3) is 0.357. The van der Waals surface area contributed by atoms with Gasteiger partial charge in [-0.15, -0.1) is 10.2 Å². The largest absolute Gasteiger partial charge is 0.479 e. The van der Waals surface area contributed by atoms with Gasteiger partial charge in [0, 0.05) is 6.54 Å². The van der Waals surface area contributed by atoms with Gasteiger partial charge in [-0.3, -0.25) is 4.79 Å². The molecule has 0 unspecified atom stereocenters. The van der Waals surface area contributed by atoms with Gasteiger partial charge in [-0.1, -0.05) is 29.3 Å². The third-order valence-electron chi connectivity index (χ3n) is 3.05. The highest BCUT2D eigenvalue weighted by Crippen LogP contribution is 2.32. The van der Waals surface area contributed by atoms with Gasteiger partial charge >= 0.3 is 0 Å². The number of benzene rings is 1. The van der Waals surface area contributed by atoms with Crippen LogP contribution in [-0.4, -0.2) is 26.8 Å². The second kappa shape index (κ2) is 7.47. The first-order valence-electron chi connectivity index (χ1n) is 6.78. The summed E-state index contributed by atoms with van der Waals surface area (Å²) in [6.45, 7) is 4.63. The van der Waals surface area contributed by atoms with Gasteiger partial charge in [0.1, 0.15) is 17.1 Å². The quantitative estimate of drug-likeness (QED) is 0.876. The van der Waals surface area contributed by atoms with Crippen molar-refractivity contribution in [2.24, 2.45) is 0 Å². The Morgan fingerprint density at radius 1 is 1.45 bits per heavy atom. The van der Waals surface area contributed by atoms with E-state index in [-0.39, 0.29) is 17.5 Å². The summed E-state index contributed by atoms with van der Waals surface area (Å²) >= 11 is 11.9. The molecule has 0 saturated heterocycles. The third-order valence-corrected chi connectivity index (χ3v) is 3.85. The molecular formula is C14H16Cl2N4O2. The van der Waals surface area contributed by atoms with E-state index in [0.29, 0.717) is 16.6 Å². The molecule has 1 aromatic carbocycles. The van der Waals surface area contributed by atoms with Gasteiger partial charge in [-0.25, -0.2) is 0 Å². The fourth-order valence-electron chi connectivity index (χ4n) is 1.81. The molecule has 6 nitrogen and oxygen atoms in total. The van der Waals surface area contributed by atoms with Crippen molar-refractivity contribution < 1.29 is 9.53 Å². The SMILES string of the molecule is CCn1cnnc1CNC(=O)[C@H](C)Oc1cccc(Cl)c1Cl. The van der Waals surface area contributed by atoms with E-state index in [1.807, 2.05) is 11.5 Å². The van der Waals surface area contributed by atoms with E-state index < -0.39 is 6.10 Å². The molecule has 1 aromatic heterocycles. The third kappa shape index (κ3) is 3.90. The number of hydrogen-bond acceptors (Lipinski definition) is 4. The summed E-state index contributed by atoms with van der Waals surface area (Å²) in [7, 11) is 0. The number of amides is 1. The van der Waals surface area contributed by atoms with Gasteiger partial charge in [0.05, 0.1) is 11.6 Å². The first kappa shape index (κ1) is 16.6. The Kier molecular flexibility index (Phi) is 5.63. The molecule has 1 amide bonds. The van der Waals surface area contributed by atoms with E-state index in [1.165, 1.54) is 0 Å². The molecule has 0 bridgehead atoms. The zero-order valence-electron chi connectivity index (χ0n) is 12.2. The number of nitrogens with zero attached hydrogens (tertiary/aromatic N) is 3. The van der Waals surface area contributed by atoms with E-state index >= 15 is 0 Å². The van der Waals surface area contributed by atoms with E-state index in [2.05, 4.69) is 15.5 Å². The fourth-order valence-corrected chi connectivity index (χ4v) is 2.15. The molecule has 2 aromatic rings. The molecule has 8 heteroatoms. The number of ether oxygens (including phenoxy) is 1. The highest BCUT2D eigenvalue weighted by atomic mass is 35.5. The van der Waals surface area contributed by atoms with Crippen LogP contribution in [-0.2, 0) is 17.9 Å². The van der Waals surface area contributed by atoms with E-state index in [9.17, 15) is 4.79 Å². The van der Waals surface area contributed by atoms with Crippen LogP contribution in [0.15, 0.2) is 24.5 Å². The normalized spacial score (nSPS) is 12.0. The van der Waals surface area contributed by atoms with E-state index in [1.54, 1.807) is 31.5 Å². The first-order valence-corrected chi connectivity index (χ1v) is 7.53. The molecule has 0 aliphatic rings. The topological polar surface area (TPSA) is 69.0 Å². The minimum atomic E-state index is -0.714. The predicted molar refractivity (Wildman–Crippen MR) is 84.1 cm³/mol. The maximum atomic E-state index is 12.1. The van der Waals surface area contributed by atoms with Gasteiger partial charge in [-0.05, 0) is 26.0 Å². The lowest BCUT2D eigenvalue weighted by molar-refractivity contribution is -0.127. The molecule has 1 heterocycles. The van der Waals surface area contributed by atoms with E-state index in [4.69, 9.17) is 27.9 Å². The van der Waals surface area contributed by atoms with Gasteiger partial charge in [0.15, 0.2) is 11.9 Å². The molecule has 2 rings (SSSR count). The molecule has 0 aliphatic heterocycles. The Bertz CT molecular complexity index is 660. The van der Waals surface area contributed by atoms with Gasteiger partial charge in [0.25, 0.3) is 5.91 Å². The molecule has 22 heavy (non-hydrogen) atoms. The van der Waals surface area contributed by atoms with Crippen LogP contribution in [0.5, 0.6) is 5.75 Å². The number of nitrogens with one attached hydrogen (secondary N) is 1. The van der Waals surface area contributed by atoms with Crippen molar-refractivity contribution >= 4 is 29.1 Å². The first-order chi connectivity index (χ1) is 10.5. The Hall–Kier alpha value is -1.79. The molecule has 0 radical (unpaired) electrons. The van der Waals surface area contributed by atoms with Gasteiger partial charge < -0.3 is 14.6 Å². The molecule has 0 fully saturated rings. The lowest BCUT2D eigenvalue weighted by atomic mass is 10.3. The van der Waals surface area contributed by atoms with Crippen molar-refractivity contribution in [1.82, 2.24) is 20.1 Å². The van der Waals surface area contributed by atoms with Crippen LogP contribution in [0, 0.1) is 0 Å². The van der Waals surface area contributed by atoms with Crippen LogP contribution in [0.2, 0.25) is 10.0 Å². The van der Waals surface area contributed by atoms with Crippen LogP contribution in [0.1, 0.15) is 19.7 Å². The number of carbonyl (C=O) groups is 1. The lowest BCUT2D eigenvalue weighted by Crippen LogP contribution is -2.36. The van der Waals surface area contributed by atoms with Crippen molar-refractivity contribution in [2.45, 2.75) is 33.0 Å². The summed E-state index contributed by atoms with van der Waals surface area (Å²) < 4.78 is 7.39. The molecule has 118 valence electrons. The number of aromatic nitrogens is 3. The minimum absolute atomic E-state index is 0.276. The Balaban J connectivity index is 1.93. The highest BCUT2D eigenvalue weighted by Gasteiger charge is 2.17. The van der Waals surface area contributed by atoms with Crippen LogP contribution in [0.4, 0.5) is 0 Å². The molecule has 0 saturated carbocycles. The summed E-state index contributed by atoms with van der Waals surface area (Å²) in [6.07, 6.45) is 0.904. The van der Waals surface area contributed by atoms with Crippen LogP contribution in [0.25, 0.3) is 0 Å². The molecule has 0 spiro atoms. The summed E-state index contributed by atoms with van der Waals surface area (Å²) in [4.78, 5) is 12.1. The minimum Gasteiger partial charge on any atom is -0.479 e. The summed E-state index contributed by atoms with van der Waals surface area (Å²) in [5.41, 5.74) is 0. The second-order valence-electron chi connectivity index (χ2n) is 4.56. The standard InChI is InChI=1S/C14H16Cl2N4O2/c1-3-20-8-18-19-12(20)7-17-14(21)9(2)22-11-6-4-5-10(15)13(11)16/h4-6,8-9H,3,7H2,1-2H3,(H,17,21)/t9-/m0/s1. The Morgan fingerprint density at radius 2 is 2.23 bits per heavy atom. The van der Waals surface area contributed by atoms with Crippen LogP contribution in [0.3, 0.4) is 0 Å². The average Bonchev–Trinajstić information content (AvgIpc) is 2.96. The maximum Gasteiger partial charge on any atom is 0.261 e. The molecule has 1 N–H and O–H groups in total. The van der Waals surface area contributed by atoms with Gasteiger partial charge in [-0.2, -0.15) is 0 Å². The van der Waals surface area contributed by atoms with Crippen molar-refractivity contribution in [3.63, 3.8) is 0 Å². The number of aryl methyl sites for hydroxylation is 1. The zero-order valence-corrected chi connectivity index (χ0v) is 13.7. The Labute approximate surface area is 138 Å². The van der Waals surface area contributed by atoms with Crippen molar-refractivity contribution in [1.29, 1.82) is 0 Å². The lowest BCUT2D eigenvalue weighted by Gasteiger charge is -2.16. The maximum absolute atomic E-state index is 12.1. The van der Waals surface area contributed by atoms with E-state index in [0.717, 1.165) is 6.54 Å². The Morgan fingerprint density at radius 3 is 2.95 bits per heavy atom. The number of halogens is 2. The number of carbonyl (C=O) groups excluding carboxylic acids is 1. The van der Waals surface area contributed by atoms with Gasteiger partial charge in [0.2, 0.25) is 0 Å². The van der Waals surface area contributed by atoms with Crippen LogP contribution >= 0.6 is 23.2 Å². The van der Waals surface area contributed by atoms with Crippen molar-refractivity contribution in [3.8, 4) is 5.75 Å². The highest BCUT2D eigenvalue weighted by molar-refractivity contribution is 6.42. The summed E-state index contributed by atoms with van der Waals surface area (Å²) in [5.74, 6) is 0.777. The monoisotopic (exact) mass is 342 g/mol.